The molecule has 1 aliphatic rings. The number of methoxy groups -OCH3 is 1. The third kappa shape index (κ3) is 3.25. The summed E-state index contributed by atoms with van der Waals surface area (Å²) in [5, 5.41) is 0. The van der Waals surface area contributed by atoms with Crippen molar-refractivity contribution >= 4 is 5.69 Å². The fraction of sp³-hybridized carbons (Fsp3) is 0.667. The highest BCUT2D eigenvalue weighted by Gasteiger charge is 2.34. The van der Waals surface area contributed by atoms with Gasteiger partial charge in [-0.05, 0) is 32.4 Å². The lowest BCUT2D eigenvalue weighted by molar-refractivity contribution is -0.113. The summed E-state index contributed by atoms with van der Waals surface area (Å²) >= 11 is 0. The van der Waals surface area contributed by atoms with Gasteiger partial charge < -0.3 is 14.4 Å². The summed E-state index contributed by atoms with van der Waals surface area (Å²) in [6.45, 7) is 8.73. The molecular formula is C15H24N2O2. The number of morpholine rings is 1. The Morgan fingerprint density at radius 2 is 2.26 bits per heavy atom. The van der Waals surface area contributed by atoms with Crippen molar-refractivity contribution in [1.29, 1.82) is 0 Å². The van der Waals surface area contributed by atoms with Crippen LogP contribution < -0.4 is 4.90 Å². The van der Waals surface area contributed by atoms with Crippen molar-refractivity contribution in [2.75, 3.05) is 31.7 Å². The molecule has 4 heteroatoms. The predicted octanol–water partition coefficient (Wildman–Crippen LogP) is 2.27. The molecule has 0 saturated carbocycles. The Morgan fingerprint density at radius 3 is 2.84 bits per heavy atom. The van der Waals surface area contributed by atoms with Gasteiger partial charge in [0.05, 0.1) is 24.1 Å². The molecule has 1 aromatic heterocycles. The monoisotopic (exact) mass is 264 g/mol. The Hall–Kier alpha value is -1.13. The minimum absolute atomic E-state index is 0.0806. The topological polar surface area (TPSA) is 34.6 Å². The van der Waals surface area contributed by atoms with Crippen molar-refractivity contribution in [3.8, 4) is 0 Å². The highest BCUT2D eigenvalue weighted by atomic mass is 16.5. The lowest BCUT2D eigenvalue weighted by atomic mass is 9.99. The number of aryl methyl sites for hydroxylation is 1. The Bertz CT molecular complexity index is 403. The molecule has 1 aliphatic heterocycles. The molecule has 1 unspecified atom stereocenters. The highest BCUT2D eigenvalue weighted by molar-refractivity contribution is 5.45. The minimum Gasteiger partial charge on any atom is -0.376 e. The van der Waals surface area contributed by atoms with Crippen molar-refractivity contribution < 1.29 is 9.47 Å². The fourth-order valence-corrected chi connectivity index (χ4v) is 2.25. The van der Waals surface area contributed by atoms with E-state index in [1.807, 2.05) is 6.20 Å². The maximum atomic E-state index is 5.84. The summed E-state index contributed by atoms with van der Waals surface area (Å²) in [6, 6.07) is 4.25. The quantitative estimate of drug-likeness (QED) is 0.835. The van der Waals surface area contributed by atoms with Gasteiger partial charge in [-0.25, -0.2) is 0 Å². The molecule has 2 rings (SSSR count). The van der Waals surface area contributed by atoms with Gasteiger partial charge in [-0.1, -0.05) is 6.92 Å². The number of hydrogen-bond donors (Lipinski definition) is 0. The average Bonchev–Trinajstić information content (AvgIpc) is 2.47. The second-order valence-corrected chi connectivity index (χ2v) is 5.47. The Kier molecular flexibility index (Phi) is 4.42. The van der Waals surface area contributed by atoms with Crippen molar-refractivity contribution in [1.82, 2.24) is 4.98 Å². The van der Waals surface area contributed by atoms with Crippen LogP contribution in [0.1, 0.15) is 26.5 Å². The first-order valence-corrected chi connectivity index (χ1v) is 6.93. The molecule has 0 aliphatic carbocycles. The predicted molar refractivity (Wildman–Crippen MR) is 76.7 cm³/mol. The molecule has 19 heavy (non-hydrogen) atoms. The van der Waals surface area contributed by atoms with Gasteiger partial charge in [-0.15, -0.1) is 0 Å². The van der Waals surface area contributed by atoms with Gasteiger partial charge in [0.1, 0.15) is 6.10 Å². The van der Waals surface area contributed by atoms with Gasteiger partial charge in [0.2, 0.25) is 0 Å². The number of nitrogens with zero attached hydrogens (tertiary/aromatic N) is 2. The second kappa shape index (κ2) is 5.88. The van der Waals surface area contributed by atoms with E-state index in [9.17, 15) is 0 Å². The fourth-order valence-electron chi connectivity index (χ4n) is 2.25. The number of aromatic nitrogens is 1. The summed E-state index contributed by atoms with van der Waals surface area (Å²) in [7, 11) is 1.74. The third-order valence-corrected chi connectivity index (χ3v) is 3.90. The summed E-state index contributed by atoms with van der Waals surface area (Å²) in [6.07, 6.45) is 3.01. The molecule has 0 bridgehead atoms. The second-order valence-electron chi connectivity index (χ2n) is 5.47. The highest BCUT2D eigenvalue weighted by Crippen LogP contribution is 2.24. The molecule has 1 aromatic rings. The number of rotatable bonds is 4. The van der Waals surface area contributed by atoms with E-state index in [4.69, 9.17) is 9.47 Å². The van der Waals surface area contributed by atoms with Gasteiger partial charge in [0.25, 0.3) is 0 Å². The van der Waals surface area contributed by atoms with Crippen LogP contribution in [0.3, 0.4) is 0 Å². The zero-order valence-electron chi connectivity index (χ0n) is 12.3. The lowest BCUT2D eigenvalue weighted by Gasteiger charge is -2.41. The van der Waals surface area contributed by atoms with Gasteiger partial charge in [-0.2, -0.15) is 0 Å². The first-order valence-electron chi connectivity index (χ1n) is 6.93. The molecule has 0 amide bonds. The Labute approximate surface area is 115 Å². The first kappa shape index (κ1) is 14.3. The van der Waals surface area contributed by atoms with E-state index < -0.39 is 0 Å². The zero-order chi connectivity index (χ0) is 13.9. The van der Waals surface area contributed by atoms with Crippen molar-refractivity contribution in [2.45, 2.75) is 38.9 Å². The van der Waals surface area contributed by atoms with E-state index in [2.05, 4.69) is 42.8 Å². The zero-order valence-corrected chi connectivity index (χ0v) is 12.3. The van der Waals surface area contributed by atoms with Crippen molar-refractivity contribution in [3.05, 3.63) is 24.0 Å². The normalized spacial score (nSPS) is 20.6. The standard InChI is InChI=1S/C15H24N2O2/c1-5-12-6-7-13(10-16-12)17-8-9-19-14(11-17)15(2,3)18-4/h6-7,10,14H,5,8-9,11H2,1-4H3. The molecule has 1 saturated heterocycles. The minimum atomic E-state index is -0.268. The van der Waals surface area contributed by atoms with Crippen LogP contribution in [0.5, 0.6) is 0 Å². The Balaban J connectivity index is 2.08. The molecule has 0 spiro atoms. The molecule has 0 N–H and O–H groups in total. The Morgan fingerprint density at radius 1 is 1.47 bits per heavy atom. The van der Waals surface area contributed by atoms with Crippen LogP contribution in [0.25, 0.3) is 0 Å². The van der Waals surface area contributed by atoms with Gasteiger partial charge in [0.15, 0.2) is 0 Å². The van der Waals surface area contributed by atoms with Crippen molar-refractivity contribution in [3.63, 3.8) is 0 Å². The van der Waals surface area contributed by atoms with Gasteiger partial charge >= 0.3 is 0 Å². The van der Waals surface area contributed by atoms with Gasteiger partial charge in [0, 0.05) is 25.9 Å². The molecule has 0 radical (unpaired) electrons. The smallest absolute Gasteiger partial charge is 0.103 e. The van der Waals surface area contributed by atoms with Crippen LogP contribution in [-0.4, -0.2) is 43.5 Å². The first-order chi connectivity index (χ1) is 9.06. The molecule has 106 valence electrons. The molecule has 4 nitrogen and oxygen atoms in total. The van der Waals surface area contributed by atoms with Crippen LogP contribution in [0.4, 0.5) is 5.69 Å². The van der Waals surface area contributed by atoms with Crippen LogP contribution >= 0.6 is 0 Å². The SMILES string of the molecule is CCc1ccc(N2CCOC(C(C)(C)OC)C2)cn1. The lowest BCUT2D eigenvalue weighted by Crippen LogP contribution is -2.52. The summed E-state index contributed by atoms with van der Waals surface area (Å²) in [5.74, 6) is 0. The molecule has 1 fully saturated rings. The molecule has 1 atom stereocenters. The van der Waals surface area contributed by atoms with E-state index in [-0.39, 0.29) is 11.7 Å². The summed E-state index contributed by atoms with van der Waals surface area (Å²) in [4.78, 5) is 6.79. The molecule has 2 heterocycles. The number of hydrogen-bond acceptors (Lipinski definition) is 4. The third-order valence-electron chi connectivity index (χ3n) is 3.90. The van der Waals surface area contributed by atoms with E-state index in [1.54, 1.807) is 7.11 Å². The van der Waals surface area contributed by atoms with Crippen LogP contribution in [0, 0.1) is 0 Å². The van der Waals surface area contributed by atoms with E-state index in [1.165, 1.54) is 0 Å². The van der Waals surface area contributed by atoms with E-state index in [0.29, 0.717) is 0 Å². The van der Waals surface area contributed by atoms with Crippen LogP contribution in [0.2, 0.25) is 0 Å². The van der Waals surface area contributed by atoms with E-state index in [0.717, 1.165) is 37.5 Å². The number of pyridine rings is 1. The van der Waals surface area contributed by atoms with E-state index >= 15 is 0 Å². The average molecular weight is 264 g/mol. The summed E-state index contributed by atoms with van der Waals surface area (Å²) < 4.78 is 11.4. The van der Waals surface area contributed by atoms with Crippen molar-refractivity contribution in [2.24, 2.45) is 0 Å². The summed E-state index contributed by atoms with van der Waals surface area (Å²) in [5.41, 5.74) is 2.03. The maximum Gasteiger partial charge on any atom is 0.103 e. The largest absolute Gasteiger partial charge is 0.376 e. The van der Waals surface area contributed by atoms with Gasteiger partial charge in [-0.3, -0.25) is 4.98 Å². The van der Waals surface area contributed by atoms with Crippen LogP contribution in [-0.2, 0) is 15.9 Å². The molecular weight excluding hydrogens is 240 g/mol. The number of anilines is 1. The number of ether oxygens (including phenoxy) is 2. The maximum absolute atomic E-state index is 5.84. The molecule has 0 aromatic carbocycles. The van der Waals surface area contributed by atoms with Crippen LogP contribution in [0.15, 0.2) is 18.3 Å².